The third kappa shape index (κ3) is 4.28. The van der Waals surface area contributed by atoms with E-state index in [2.05, 4.69) is 170 Å². The van der Waals surface area contributed by atoms with Gasteiger partial charge in [-0.25, -0.2) is 4.99 Å². The van der Waals surface area contributed by atoms with Crippen molar-refractivity contribution in [2.24, 2.45) is 16.3 Å². The molecule has 7 heteroatoms. The summed E-state index contributed by atoms with van der Waals surface area (Å²) in [6.07, 6.45) is 14.7. The minimum absolute atomic E-state index is 0.0158. The van der Waals surface area contributed by atoms with Crippen LogP contribution in [0.1, 0.15) is 27.2 Å². The number of dihydropyridines is 1. The molecule has 4 aromatic carbocycles. The number of hydrogen-bond donors (Lipinski definition) is 0. The molecule has 0 spiro atoms. The maximum absolute atomic E-state index is 6.90. The first-order chi connectivity index (χ1) is 25.4. The second-order valence-corrected chi connectivity index (χ2v) is 16.2. The predicted molar refractivity (Wildman–Crippen MR) is 214 cm³/mol. The summed E-state index contributed by atoms with van der Waals surface area (Å²) in [6.45, 7) is 7.25. The SMILES string of the molecule is CC(C)(C)C1C=C2Oc3ccccc3B3C4=CC5B6c7c(cccc7N(c7ccccc7)C5N=C4N(c4ccccc4)C(=C32)C1)OC1C=CC=CC61. The Bertz CT molecular complexity index is 2340. The third-order valence-electron chi connectivity index (χ3n) is 12.4. The highest BCUT2D eigenvalue weighted by molar-refractivity contribution is 6.93. The van der Waals surface area contributed by atoms with Gasteiger partial charge in [0, 0.05) is 34.4 Å². The number of hydrogen-bond acceptors (Lipinski definition) is 5. The van der Waals surface area contributed by atoms with Crippen LogP contribution in [0.15, 0.2) is 167 Å². The number of rotatable bonds is 2. The van der Waals surface area contributed by atoms with Crippen molar-refractivity contribution in [3.05, 3.63) is 162 Å². The summed E-state index contributed by atoms with van der Waals surface area (Å²) < 4.78 is 13.7. The van der Waals surface area contributed by atoms with E-state index in [1.807, 2.05) is 0 Å². The molecular formula is C45H39B2N3O2. The fourth-order valence-corrected chi connectivity index (χ4v) is 9.97. The Morgan fingerprint density at radius 1 is 0.750 bits per heavy atom. The standard InChI is InChI=1S/C45H39B2N3O2/c1-45(2,3)28-25-36-42-40(26-28)52-38-23-13-11-20-32(38)47(42)34-27-33-43(48-44(34)50(36)30-17-8-5-9-18-30)49(29-15-6-4-7-16-29)35-21-14-24-39-41(35)46(33)31-19-10-12-22-37(31)51-39/h4-24,26-28,31,33,37,43H,25H2,1-3H3. The van der Waals surface area contributed by atoms with Crippen LogP contribution < -0.4 is 30.2 Å². The average molecular weight is 675 g/mol. The molecule has 5 unspecified atom stereocenters. The zero-order valence-electron chi connectivity index (χ0n) is 29.7. The van der Waals surface area contributed by atoms with Crippen LogP contribution in [0.2, 0.25) is 11.6 Å². The summed E-state index contributed by atoms with van der Waals surface area (Å²) in [4.78, 5) is 11.0. The fraction of sp³-hybridized carbons (Fsp3) is 0.222. The van der Waals surface area contributed by atoms with Gasteiger partial charge in [-0.15, -0.1) is 0 Å². The zero-order valence-corrected chi connectivity index (χ0v) is 29.7. The van der Waals surface area contributed by atoms with E-state index in [4.69, 9.17) is 14.5 Å². The summed E-state index contributed by atoms with van der Waals surface area (Å²) in [7, 11) is 0. The van der Waals surface area contributed by atoms with Gasteiger partial charge < -0.3 is 14.4 Å². The van der Waals surface area contributed by atoms with Gasteiger partial charge in [0.15, 0.2) is 0 Å². The molecule has 11 rings (SSSR count). The topological polar surface area (TPSA) is 37.3 Å². The molecule has 0 fully saturated rings. The van der Waals surface area contributed by atoms with Crippen LogP contribution in [-0.2, 0) is 0 Å². The van der Waals surface area contributed by atoms with Crippen molar-refractivity contribution in [3.63, 3.8) is 0 Å². The largest absolute Gasteiger partial charge is 0.487 e. The number of allylic oxidation sites excluding steroid dienone is 5. The van der Waals surface area contributed by atoms with Gasteiger partial charge in [-0.3, -0.25) is 4.90 Å². The molecule has 5 atom stereocenters. The number of benzene rings is 4. The summed E-state index contributed by atoms with van der Waals surface area (Å²) in [6, 6.07) is 37.0. The highest BCUT2D eigenvalue weighted by atomic mass is 16.5. The highest BCUT2D eigenvalue weighted by Crippen LogP contribution is 2.53. The molecular weight excluding hydrogens is 636 g/mol. The molecule has 0 N–H and O–H groups in total. The average Bonchev–Trinajstić information content (AvgIpc) is 3.17. The Morgan fingerprint density at radius 2 is 1.48 bits per heavy atom. The van der Waals surface area contributed by atoms with Gasteiger partial charge in [0.25, 0.3) is 6.71 Å². The first-order valence-electron chi connectivity index (χ1n) is 18.8. The van der Waals surface area contributed by atoms with E-state index < -0.39 is 0 Å². The number of para-hydroxylation sites is 3. The number of aliphatic imine (C=N–C) groups is 1. The zero-order chi connectivity index (χ0) is 34.7. The molecule has 5 aliphatic heterocycles. The number of ether oxygens (including phenoxy) is 2. The maximum atomic E-state index is 6.90. The summed E-state index contributed by atoms with van der Waals surface area (Å²) in [5.41, 5.74) is 9.88. The molecule has 4 aromatic rings. The molecule has 5 heterocycles. The minimum atomic E-state index is -0.160. The van der Waals surface area contributed by atoms with Crippen molar-refractivity contribution in [2.75, 3.05) is 9.80 Å². The van der Waals surface area contributed by atoms with Gasteiger partial charge in [0.05, 0.1) is 0 Å². The molecule has 252 valence electrons. The monoisotopic (exact) mass is 675 g/mol. The minimum Gasteiger partial charge on any atom is -0.487 e. The number of amidine groups is 1. The molecule has 7 aliphatic rings. The lowest BCUT2D eigenvalue weighted by molar-refractivity contribution is 0.245. The summed E-state index contributed by atoms with van der Waals surface area (Å²) >= 11 is 0. The van der Waals surface area contributed by atoms with Crippen molar-refractivity contribution in [3.8, 4) is 11.5 Å². The number of nitrogens with zero attached hydrogens (tertiary/aromatic N) is 3. The quantitative estimate of drug-likeness (QED) is 0.200. The van der Waals surface area contributed by atoms with Gasteiger partial charge in [-0.1, -0.05) is 106 Å². The molecule has 0 bridgehead atoms. The van der Waals surface area contributed by atoms with Gasteiger partial charge in [-0.2, -0.15) is 0 Å². The van der Waals surface area contributed by atoms with Gasteiger partial charge >= 0.3 is 0 Å². The van der Waals surface area contributed by atoms with Crippen molar-refractivity contribution in [1.82, 2.24) is 0 Å². The fourth-order valence-electron chi connectivity index (χ4n) is 9.97. The lowest BCUT2D eigenvalue weighted by Gasteiger charge is -2.53. The number of anilines is 3. The maximum Gasteiger partial charge on any atom is 0.257 e. The van der Waals surface area contributed by atoms with Crippen LogP contribution in [0.3, 0.4) is 0 Å². The Morgan fingerprint density at radius 3 is 2.29 bits per heavy atom. The smallest absolute Gasteiger partial charge is 0.257 e. The van der Waals surface area contributed by atoms with Crippen molar-refractivity contribution in [1.29, 1.82) is 0 Å². The first-order valence-corrected chi connectivity index (χ1v) is 18.8. The van der Waals surface area contributed by atoms with Crippen LogP contribution in [0.4, 0.5) is 17.1 Å². The number of fused-ring (bicyclic) bond motifs is 8. The van der Waals surface area contributed by atoms with Crippen LogP contribution >= 0.6 is 0 Å². The van der Waals surface area contributed by atoms with E-state index in [-0.39, 0.29) is 42.7 Å². The van der Waals surface area contributed by atoms with Crippen LogP contribution in [0, 0.1) is 11.3 Å². The molecule has 2 aliphatic carbocycles. The lowest BCUT2D eigenvalue weighted by atomic mass is 9.25. The Hall–Kier alpha value is -5.42. The van der Waals surface area contributed by atoms with Crippen LogP contribution in [0.5, 0.6) is 11.5 Å². The van der Waals surface area contributed by atoms with E-state index in [0.717, 1.165) is 40.9 Å². The molecule has 5 nitrogen and oxygen atoms in total. The summed E-state index contributed by atoms with van der Waals surface area (Å²) in [5, 5.41) is 0. The van der Waals surface area contributed by atoms with E-state index in [1.165, 1.54) is 33.3 Å². The molecule has 0 amide bonds. The molecule has 0 saturated carbocycles. The van der Waals surface area contributed by atoms with Gasteiger partial charge in [-0.05, 0) is 94.2 Å². The first kappa shape index (κ1) is 30.2. The second-order valence-electron chi connectivity index (χ2n) is 16.2. The molecule has 0 radical (unpaired) electrons. The van der Waals surface area contributed by atoms with Gasteiger partial charge in [0.1, 0.15) is 35.4 Å². The Kier molecular flexibility index (Phi) is 6.42. The molecule has 52 heavy (non-hydrogen) atoms. The van der Waals surface area contributed by atoms with Gasteiger partial charge in [0.2, 0.25) is 6.71 Å². The second kappa shape index (κ2) is 11.0. The lowest BCUT2D eigenvalue weighted by Crippen LogP contribution is -2.62. The van der Waals surface area contributed by atoms with Crippen molar-refractivity contribution < 1.29 is 9.47 Å². The third-order valence-corrected chi connectivity index (χ3v) is 12.4. The molecule has 0 saturated heterocycles. The van der Waals surface area contributed by atoms with Crippen LogP contribution in [-0.4, -0.2) is 31.5 Å². The Balaban J connectivity index is 1.21. The van der Waals surface area contributed by atoms with Crippen molar-refractivity contribution >= 4 is 47.2 Å². The summed E-state index contributed by atoms with van der Waals surface area (Å²) in [5.74, 6) is 4.56. The predicted octanol–water partition coefficient (Wildman–Crippen LogP) is 8.43. The normalized spacial score (nSPS) is 26.0. The Labute approximate surface area is 306 Å². The van der Waals surface area contributed by atoms with E-state index in [0.29, 0.717) is 5.92 Å². The van der Waals surface area contributed by atoms with E-state index in [9.17, 15) is 0 Å². The van der Waals surface area contributed by atoms with E-state index in [1.54, 1.807) is 0 Å². The van der Waals surface area contributed by atoms with Crippen molar-refractivity contribution in [2.45, 2.75) is 51.1 Å². The highest BCUT2D eigenvalue weighted by Gasteiger charge is 2.56. The van der Waals surface area contributed by atoms with Crippen LogP contribution in [0.25, 0.3) is 0 Å². The van der Waals surface area contributed by atoms with E-state index >= 15 is 0 Å². The molecule has 0 aromatic heterocycles.